The number of hydrogen-bond acceptors (Lipinski definition) is 0. The summed E-state index contributed by atoms with van der Waals surface area (Å²) in [5.74, 6) is 0. The molecule has 2 rings (SSSR count). The van der Waals surface area contributed by atoms with Crippen molar-refractivity contribution in [3.63, 3.8) is 0 Å². The fourth-order valence-corrected chi connectivity index (χ4v) is 7.10. The molecule has 5 heteroatoms. The maximum absolute atomic E-state index is 2.42. The van der Waals surface area contributed by atoms with Crippen LogP contribution >= 0.6 is 0 Å². The normalized spacial score (nSPS) is 13.7. The van der Waals surface area contributed by atoms with Crippen LogP contribution in [-0.2, 0) is 20.4 Å². The van der Waals surface area contributed by atoms with Gasteiger partial charge in [-0.05, 0) is 0 Å². The number of benzene rings is 1. The van der Waals surface area contributed by atoms with Gasteiger partial charge in [0, 0.05) is 0 Å². The molecule has 0 bridgehead atoms. The first-order valence-corrected chi connectivity index (χ1v) is 11.9. The van der Waals surface area contributed by atoms with Crippen molar-refractivity contribution >= 4 is 14.7 Å². The van der Waals surface area contributed by atoms with Crippen molar-refractivity contribution in [1.82, 2.24) is 0 Å². The van der Waals surface area contributed by atoms with Crippen LogP contribution in [0.4, 0.5) is 0 Å². The molecule has 0 amide bonds. The van der Waals surface area contributed by atoms with Gasteiger partial charge in [0.1, 0.15) is 0 Å². The molecular formula is C22H33Cl3SiTi. The molecule has 150 valence electrons. The van der Waals surface area contributed by atoms with Gasteiger partial charge in [-0.25, -0.2) is 0 Å². The molecule has 1 aliphatic rings. The fourth-order valence-electron chi connectivity index (χ4n) is 4.08. The van der Waals surface area contributed by atoms with Gasteiger partial charge in [-0.2, -0.15) is 0 Å². The number of rotatable bonds is 8. The Morgan fingerprint density at radius 3 is 2.00 bits per heavy atom. The van der Waals surface area contributed by atoms with Crippen molar-refractivity contribution in [3.8, 4) is 0 Å². The number of allylic oxidation sites excluding steroid dienone is 4. The second-order valence-corrected chi connectivity index (χ2v) is 10.2. The molecule has 0 nitrogen and oxygen atoms in total. The van der Waals surface area contributed by atoms with Crippen LogP contribution in [0.5, 0.6) is 0 Å². The molecule has 27 heavy (non-hydrogen) atoms. The standard InChI is InChI=1S/C22H33Si.3ClH.Ti/c1-6-8-9-11-20-15-21(14-19(20)10-7-2)23-22-17(4)12-16(3)13-18(22)5;;;;/h12-13H,6-11,15,23H2,1-5H3;3*1H;/q;;;;+3/p-3. The first kappa shape index (κ1) is 29.7. The molecule has 0 atom stereocenters. The molecule has 0 aromatic heterocycles. The number of hydrogen-bond donors (Lipinski definition) is 0. The summed E-state index contributed by atoms with van der Waals surface area (Å²) in [6.45, 7) is 11.5. The van der Waals surface area contributed by atoms with E-state index in [4.69, 9.17) is 0 Å². The summed E-state index contributed by atoms with van der Waals surface area (Å²) in [5.41, 5.74) is 7.98. The molecule has 0 fully saturated rings. The van der Waals surface area contributed by atoms with E-state index in [9.17, 15) is 0 Å². The van der Waals surface area contributed by atoms with Crippen LogP contribution in [-0.4, -0.2) is 9.52 Å². The molecular weight excluding hydrogens is 447 g/mol. The summed E-state index contributed by atoms with van der Waals surface area (Å²) in [7, 11) is -0.327. The Hall–Kier alpha value is 0.501. The molecule has 0 N–H and O–H groups in total. The van der Waals surface area contributed by atoms with Gasteiger partial charge in [-0.3, -0.25) is 0 Å². The summed E-state index contributed by atoms with van der Waals surface area (Å²) < 4.78 is 1.68. The second kappa shape index (κ2) is 14.5. The van der Waals surface area contributed by atoms with Crippen molar-refractivity contribution in [3.05, 3.63) is 49.0 Å². The third kappa shape index (κ3) is 8.03. The Morgan fingerprint density at radius 2 is 1.48 bits per heavy atom. The molecule has 0 spiro atoms. The molecule has 0 saturated carbocycles. The SMILES string of the molecule is CCCCCC1=C(CCC)[C]([Ti+3])=C([SiH2]c2c(C)cc(C)cc2C)C1.[Cl-].[Cl-].[Cl-]. The van der Waals surface area contributed by atoms with E-state index in [1.807, 2.05) is 5.20 Å². The minimum Gasteiger partial charge on any atom is -1.00 e. The Kier molecular flexibility index (Phi) is 15.9. The van der Waals surface area contributed by atoms with Crippen LogP contribution in [0.1, 0.15) is 75.5 Å². The summed E-state index contributed by atoms with van der Waals surface area (Å²) in [6.07, 6.45) is 9.29. The van der Waals surface area contributed by atoms with E-state index in [0.717, 1.165) is 0 Å². The first-order chi connectivity index (χ1) is 11.5. The van der Waals surface area contributed by atoms with E-state index in [2.05, 4.69) is 67.2 Å². The van der Waals surface area contributed by atoms with E-state index in [1.165, 1.54) is 61.6 Å². The smallest absolute Gasteiger partial charge is 1.00 e. The van der Waals surface area contributed by atoms with Gasteiger partial charge in [0.25, 0.3) is 0 Å². The van der Waals surface area contributed by atoms with Gasteiger partial charge < -0.3 is 37.2 Å². The Balaban J connectivity index is 0. The van der Waals surface area contributed by atoms with Crippen LogP contribution in [0.2, 0.25) is 0 Å². The van der Waals surface area contributed by atoms with E-state index < -0.39 is 0 Å². The number of unbranched alkanes of at least 4 members (excludes halogenated alkanes) is 2. The van der Waals surface area contributed by atoms with Crippen LogP contribution in [0, 0.1) is 20.8 Å². The van der Waals surface area contributed by atoms with Gasteiger partial charge in [-0.1, -0.05) is 0 Å². The van der Waals surface area contributed by atoms with Crippen LogP contribution in [0.15, 0.2) is 32.4 Å². The molecule has 1 aromatic carbocycles. The zero-order valence-corrected chi connectivity index (χ0v) is 22.7. The largest absolute Gasteiger partial charge is 1.00 e. The van der Waals surface area contributed by atoms with E-state index in [-0.39, 0.29) is 46.7 Å². The van der Waals surface area contributed by atoms with Crippen molar-refractivity contribution < 1.29 is 57.7 Å². The van der Waals surface area contributed by atoms with E-state index in [0.29, 0.717) is 0 Å². The van der Waals surface area contributed by atoms with Crippen LogP contribution in [0.25, 0.3) is 0 Å². The maximum Gasteiger partial charge on any atom is -1.00 e. The second-order valence-electron chi connectivity index (χ2n) is 7.50. The van der Waals surface area contributed by atoms with E-state index >= 15 is 0 Å². The Bertz CT molecular complexity index is 643. The maximum atomic E-state index is 2.42. The van der Waals surface area contributed by atoms with Crippen molar-refractivity contribution in [2.24, 2.45) is 0 Å². The predicted molar refractivity (Wildman–Crippen MR) is 107 cm³/mol. The zero-order valence-electron chi connectivity index (χ0n) is 17.4. The fraction of sp³-hybridized carbons (Fsp3) is 0.545. The summed E-state index contributed by atoms with van der Waals surface area (Å²) in [6, 6.07) is 4.76. The molecule has 1 aromatic rings. The molecule has 0 aliphatic heterocycles. The third-order valence-corrected chi connectivity index (χ3v) is 9.40. The quantitative estimate of drug-likeness (QED) is 0.266. The number of aryl methyl sites for hydroxylation is 3. The Morgan fingerprint density at radius 1 is 0.889 bits per heavy atom. The van der Waals surface area contributed by atoms with Crippen LogP contribution < -0.4 is 42.4 Å². The van der Waals surface area contributed by atoms with Crippen molar-refractivity contribution in [2.75, 3.05) is 0 Å². The molecule has 0 radical (unpaired) electrons. The minimum atomic E-state index is -0.327. The minimum absolute atomic E-state index is 0. The summed E-state index contributed by atoms with van der Waals surface area (Å²) in [5, 5.41) is 3.51. The average Bonchev–Trinajstić information content (AvgIpc) is 2.80. The Labute approximate surface area is 199 Å². The third-order valence-electron chi connectivity index (χ3n) is 5.32. The van der Waals surface area contributed by atoms with Gasteiger partial charge in [-0.15, -0.1) is 0 Å². The first-order valence-electron chi connectivity index (χ1n) is 9.69. The summed E-state index contributed by atoms with van der Waals surface area (Å²) in [4.78, 5) is 0. The topological polar surface area (TPSA) is 0 Å². The average molecular weight is 480 g/mol. The molecule has 0 unspecified atom stereocenters. The molecule has 0 heterocycles. The van der Waals surface area contributed by atoms with Gasteiger partial charge >= 0.3 is 164 Å². The van der Waals surface area contributed by atoms with Crippen LogP contribution in [0.3, 0.4) is 0 Å². The van der Waals surface area contributed by atoms with Crippen molar-refractivity contribution in [1.29, 1.82) is 0 Å². The number of halogens is 3. The predicted octanol–water partition coefficient (Wildman–Crippen LogP) is -3.74. The van der Waals surface area contributed by atoms with Gasteiger partial charge in [0.15, 0.2) is 0 Å². The monoisotopic (exact) mass is 478 g/mol. The zero-order chi connectivity index (χ0) is 17.7. The van der Waals surface area contributed by atoms with E-state index in [1.54, 1.807) is 20.2 Å². The molecule has 0 saturated heterocycles. The van der Waals surface area contributed by atoms with Gasteiger partial charge in [0.05, 0.1) is 0 Å². The molecule has 1 aliphatic carbocycles. The summed E-state index contributed by atoms with van der Waals surface area (Å²) >= 11 is 2.42. The van der Waals surface area contributed by atoms with Gasteiger partial charge in [0.2, 0.25) is 0 Å². The van der Waals surface area contributed by atoms with Crippen molar-refractivity contribution in [2.45, 2.75) is 79.6 Å².